The van der Waals surface area contributed by atoms with Crippen LogP contribution in [0.1, 0.15) is 33.9 Å². The molecule has 1 heterocycles. The van der Waals surface area contributed by atoms with E-state index in [2.05, 4.69) is 96.0 Å². The van der Waals surface area contributed by atoms with Crippen LogP contribution in [0.3, 0.4) is 0 Å². The molecule has 0 aliphatic carbocycles. The summed E-state index contributed by atoms with van der Waals surface area (Å²) < 4.78 is 0. The third-order valence-corrected chi connectivity index (χ3v) is 4.67. The third-order valence-electron chi connectivity index (χ3n) is 4.67. The van der Waals surface area contributed by atoms with Crippen LogP contribution in [0.25, 0.3) is 12.2 Å². The van der Waals surface area contributed by atoms with E-state index < -0.39 is 0 Å². The van der Waals surface area contributed by atoms with Crippen molar-refractivity contribution in [3.63, 3.8) is 0 Å². The Labute approximate surface area is 177 Å². The van der Waals surface area contributed by atoms with Gasteiger partial charge in [0.25, 0.3) is 0 Å². The first-order valence-corrected chi connectivity index (χ1v) is 9.19. The SMILES string of the molecule is Br.C(=Cc1ccccn1)c1ccc(C(c2ccccc2)c2ccccc2)cc1. The normalized spacial score (nSPS) is 10.8. The van der Waals surface area contributed by atoms with Gasteiger partial charge in [0.15, 0.2) is 0 Å². The van der Waals surface area contributed by atoms with Crippen LogP contribution in [0, 0.1) is 0 Å². The highest BCUT2D eigenvalue weighted by Crippen LogP contribution is 2.31. The van der Waals surface area contributed by atoms with Crippen LogP contribution in [0.4, 0.5) is 0 Å². The summed E-state index contributed by atoms with van der Waals surface area (Å²) in [5, 5.41) is 0. The zero-order valence-electron chi connectivity index (χ0n) is 15.5. The van der Waals surface area contributed by atoms with E-state index in [9.17, 15) is 0 Å². The van der Waals surface area contributed by atoms with Crippen LogP contribution < -0.4 is 0 Å². The first-order chi connectivity index (χ1) is 13.4. The Balaban J connectivity index is 0.00000225. The van der Waals surface area contributed by atoms with E-state index >= 15 is 0 Å². The van der Waals surface area contributed by atoms with Gasteiger partial charge in [-0.3, -0.25) is 4.98 Å². The molecule has 0 fully saturated rings. The molecule has 4 rings (SSSR count). The maximum absolute atomic E-state index is 4.33. The Morgan fingerprint density at radius 2 is 1.07 bits per heavy atom. The maximum Gasteiger partial charge on any atom is 0.0629 e. The second-order valence-electron chi connectivity index (χ2n) is 6.51. The van der Waals surface area contributed by atoms with Gasteiger partial charge in [0.2, 0.25) is 0 Å². The van der Waals surface area contributed by atoms with E-state index in [-0.39, 0.29) is 22.9 Å². The number of aromatic nitrogens is 1. The minimum atomic E-state index is 0. The van der Waals surface area contributed by atoms with Crippen LogP contribution in [0.5, 0.6) is 0 Å². The van der Waals surface area contributed by atoms with Crippen LogP contribution >= 0.6 is 17.0 Å². The highest BCUT2D eigenvalue weighted by Gasteiger charge is 2.15. The number of nitrogens with zero attached hydrogens (tertiary/aromatic N) is 1. The van der Waals surface area contributed by atoms with Gasteiger partial charge >= 0.3 is 0 Å². The summed E-state index contributed by atoms with van der Waals surface area (Å²) in [4.78, 5) is 4.33. The molecule has 1 aromatic heterocycles. The predicted molar refractivity (Wildman–Crippen MR) is 124 cm³/mol. The fourth-order valence-electron chi connectivity index (χ4n) is 3.32. The van der Waals surface area contributed by atoms with Gasteiger partial charge in [-0.05, 0) is 40.5 Å². The monoisotopic (exact) mass is 427 g/mol. The number of hydrogen-bond donors (Lipinski definition) is 0. The lowest BCUT2D eigenvalue weighted by molar-refractivity contribution is 0.977. The second kappa shape index (κ2) is 9.82. The van der Waals surface area contributed by atoms with Gasteiger partial charge in [0.1, 0.15) is 0 Å². The lowest BCUT2D eigenvalue weighted by Crippen LogP contribution is -2.03. The quantitative estimate of drug-likeness (QED) is 0.312. The second-order valence-corrected chi connectivity index (χ2v) is 6.51. The summed E-state index contributed by atoms with van der Waals surface area (Å²) >= 11 is 0. The van der Waals surface area contributed by atoms with Crippen LogP contribution in [0.2, 0.25) is 0 Å². The summed E-state index contributed by atoms with van der Waals surface area (Å²) in [6.45, 7) is 0. The largest absolute Gasteiger partial charge is 0.257 e. The lowest BCUT2D eigenvalue weighted by atomic mass is 9.85. The Kier molecular flexibility index (Phi) is 6.94. The van der Waals surface area contributed by atoms with E-state index in [1.165, 1.54) is 22.3 Å². The zero-order chi connectivity index (χ0) is 18.3. The molecule has 0 spiro atoms. The maximum atomic E-state index is 4.33. The molecule has 2 heteroatoms. The molecule has 3 aromatic carbocycles. The Bertz CT molecular complexity index is 955. The molecule has 0 amide bonds. The zero-order valence-corrected chi connectivity index (χ0v) is 17.2. The van der Waals surface area contributed by atoms with Gasteiger partial charge in [-0.15, -0.1) is 17.0 Å². The van der Waals surface area contributed by atoms with Gasteiger partial charge in [0, 0.05) is 12.1 Å². The molecule has 0 radical (unpaired) electrons. The Hall–Kier alpha value is -2.97. The van der Waals surface area contributed by atoms with Gasteiger partial charge in [-0.1, -0.05) is 97.1 Å². The van der Waals surface area contributed by atoms with Crippen molar-refractivity contribution in [3.8, 4) is 0 Å². The average Bonchev–Trinajstić information content (AvgIpc) is 2.76. The number of pyridine rings is 1. The molecule has 0 atom stereocenters. The molecule has 0 aliphatic rings. The molecule has 0 bridgehead atoms. The molecule has 0 saturated heterocycles. The summed E-state index contributed by atoms with van der Waals surface area (Å²) in [6.07, 6.45) is 5.96. The van der Waals surface area contributed by atoms with Gasteiger partial charge in [0.05, 0.1) is 5.69 Å². The molecule has 0 aliphatic heterocycles. The molecular weight excluding hydrogens is 406 g/mol. The summed E-state index contributed by atoms with van der Waals surface area (Å²) in [6, 6.07) is 36.1. The van der Waals surface area contributed by atoms with Crippen molar-refractivity contribution in [2.45, 2.75) is 5.92 Å². The minimum Gasteiger partial charge on any atom is -0.257 e. The fraction of sp³-hybridized carbons (Fsp3) is 0.0385. The smallest absolute Gasteiger partial charge is 0.0629 e. The number of rotatable bonds is 5. The third kappa shape index (κ3) is 4.85. The van der Waals surface area contributed by atoms with Crippen molar-refractivity contribution in [2.24, 2.45) is 0 Å². The minimum absolute atomic E-state index is 0. The molecule has 1 nitrogen and oxygen atoms in total. The number of halogens is 1. The topological polar surface area (TPSA) is 12.9 Å². The van der Waals surface area contributed by atoms with Crippen molar-refractivity contribution >= 4 is 29.1 Å². The first kappa shape index (κ1) is 19.8. The van der Waals surface area contributed by atoms with Crippen molar-refractivity contribution < 1.29 is 0 Å². The molecular formula is C26H22BrN. The first-order valence-electron chi connectivity index (χ1n) is 9.19. The lowest BCUT2D eigenvalue weighted by Gasteiger charge is -2.19. The number of benzene rings is 3. The molecule has 138 valence electrons. The molecule has 28 heavy (non-hydrogen) atoms. The van der Waals surface area contributed by atoms with E-state index in [1.54, 1.807) is 0 Å². The average molecular weight is 428 g/mol. The van der Waals surface area contributed by atoms with E-state index in [0.29, 0.717) is 0 Å². The summed E-state index contributed by atoms with van der Waals surface area (Å²) in [5.74, 6) is 0.237. The molecule has 0 N–H and O–H groups in total. The summed E-state index contributed by atoms with van der Waals surface area (Å²) in [7, 11) is 0. The van der Waals surface area contributed by atoms with E-state index in [4.69, 9.17) is 0 Å². The van der Waals surface area contributed by atoms with Crippen molar-refractivity contribution in [1.82, 2.24) is 4.98 Å². The van der Waals surface area contributed by atoms with Crippen molar-refractivity contribution in [1.29, 1.82) is 0 Å². The summed E-state index contributed by atoms with van der Waals surface area (Å²) in [5.41, 5.74) is 6.04. The van der Waals surface area contributed by atoms with E-state index in [0.717, 1.165) is 5.69 Å². The number of hydrogen-bond acceptors (Lipinski definition) is 1. The molecule has 4 aromatic rings. The Morgan fingerprint density at radius 1 is 0.536 bits per heavy atom. The fourth-order valence-corrected chi connectivity index (χ4v) is 3.32. The van der Waals surface area contributed by atoms with Crippen LogP contribution in [0.15, 0.2) is 109 Å². The van der Waals surface area contributed by atoms with Gasteiger partial charge in [-0.2, -0.15) is 0 Å². The standard InChI is InChI=1S/C26H21N.BrH/c1-3-9-22(10-4-1)26(23-11-5-2-6-12-23)24-17-14-21(15-18-24)16-19-25-13-7-8-20-27-25;/h1-20,26H;1H. The van der Waals surface area contributed by atoms with Crippen LogP contribution in [-0.2, 0) is 0 Å². The molecule has 0 saturated carbocycles. The van der Waals surface area contributed by atoms with Crippen molar-refractivity contribution in [3.05, 3.63) is 137 Å². The highest BCUT2D eigenvalue weighted by molar-refractivity contribution is 8.93. The molecule has 0 unspecified atom stereocenters. The Morgan fingerprint density at radius 3 is 1.61 bits per heavy atom. The predicted octanol–water partition coefficient (Wildman–Crippen LogP) is 7.01. The van der Waals surface area contributed by atoms with E-state index in [1.807, 2.05) is 30.5 Å². The van der Waals surface area contributed by atoms with Gasteiger partial charge in [-0.25, -0.2) is 0 Å². The van der Waals surface area contributed by atoms with Gasteiger partial charge < -0.3 is 0 Å². The van der Waals surface area contributed by atoms with Crippen LogP contribution in [-0.4, -0.2) is 4.98 Å². The van der Waals surface area contributed by atoms with Crippen molar-refractivity contribution in [2.75, 3.05) is 0 Å². The highest BCUT2D eigenvalue weighted by atomic mass is 79.9.